The number of carbonyl (C=O) groups excluding carboxylic acids is 1. The standard InChI is InChI=1S/C19H15F5N2O4/c1-28-16-6-10(2-5-15(16)29-18(20)21)9-25-17(27)14-7-11-3-4-12(8-13(11)26-14)30-19(22,23)24/h2-8,18,26H,9H2,1H3,(H,25,27). The zero-order valence-electron chi connectivity index (χ0n) is 15.3. The first kappa shape index (κ1) is 21.2. The van der Waals surface area contributed by atoms with E-state index in [0.717, 1.165) is 12.1 Å². The molecule has 0 unspecified atom stereocenters. The number of nitrogens with one attached hydrogen (secondary N) is 2. The molecule has 3 rings (SSSR count). The predicted octanol–water partition coefficient (Wildman–Crippen LogP) is 4.61. The number of rotatable bonds is 7. The highest BCUT2D eigenvalue weighted by Gasteiger charge is 2.31. The molecule has 1 aromatic heterocycles. The molecular formula is C19H15F5N2O4. The number of benzene rings is 2. The Morgan fingerprint density at radius 3 is 2.53 bits per heavy atom. The van der Waals surface area contributed by atoms with Gasteiger partial charge in [-0.05, 0) is 35.9 Å². The maximum atomic E-state index is 12.4. The van der Waals surface area contributed by atoms with Crippen molar-refractivity contribution < 1.29 is 41.0 Å². The molecule has 0 fully saturated rings. The summed E-state index contributed by atoms with van der Waals surface area (Å²) in [6.45, 7) is -2.96. The maximum absolute atomic E-state index is 12.4. The van der Waals surface area contributed by atoms with Crippen LogP contribution in [0.3, 0.4) is 0 Å². The van der Waals surface area contributed by atoms with E-state index in [4.69, 9.17) is 4.74 Å². The van der Waals surface area contributed by atoms with Gasteiger partial charge in [0, 0.05) is 23.5 Å². The van der Waals surface area contributed by atoms with Crippen LogP contribution in [0.4, 0.5) is 22.0 Å². The van der Waals surface area contributed by atoms with E-state index in [1.807, 2.05) is 0 Å². The number of carbonyl (C=O) groups is 1. The molecule has 0 saturated heterocycles. The lowest BCUT2D eigenvalue weighted by atomic mass is 10.2. The van der Waals surface area contributed by atoms with Crippen molar-refractivity contribution in [1.29, 1.82) is 0 Å². The van der Waals surface area contributed by atoms with Crippen molar-refractivity contribution in [3.8, 4) is 17.2 Å². The van der Waals surface area contributed by atoms with Crippen LogP contribution in [0, 0.1) is 0 Å². The Labute approximate surface area is 166 Å². The number of hydrogen-bond donors (Lipinski definition) is 2. The van der Waals surface area contributed by atoms with Gasteiger partial charge in [-0.25, -0.2) is 0 Å². The van der Waals surface area contributed by atoms with E-state index in [0.29, 0.717) is 10.9 Å². The number of aromatic nitrogens is 1. The number of aromatic amines is 1. The van der Waals surface area contributed by atoms with Crippen LogP contribution in [-0.4, -0.2) is 31.0 Å². The van der Waals surface area contributed by atoms with Gasteiger partial charge in [0.2, 0.25) is 0 Å². The third-order valence-corrected chi connectivity index (χ3v) is 3.97. The summed E-state index contributed by atoms with van der Waals surface area (Å²) in [5, 5.41) is 3.13. The topological polar surface area (TPSA) is 72.6 Å². The first-order valence-electron chi connectivity index (χ1n) is 8.43. The van der Waals surface area contributed by atoms with Crippen molar-refractivity contribution in [1.82, 2.24) is 10.3 Å². The first-order valence-corrected chi connectivity index (χ1v) is 8.43. The third kappa shape index (κ3) is 5.31. The Balaban J connectivity index is 1.69. The number of alkyl halides is 5. The molecule has 11 heteroatoms. The highest BCUT2D eigenvalue weighted by molar-refractivity contribution is 5.98. The summed E-state index contributed by atoms with van der Waals surface area (Å²) in [5.74, 6) is -1.00. The van der Waals surface area contributed by atoms with E-state index in [-0.39, 0.29) is 29.3 Å². The molecule has 1 amide bonds. The largest absolute Gasteiger partial charge is 0.573 e. The second-order valence-electron chi connectivity index (χ2n) is 6.03. The molecule has 0 aliphatic rings. The van der Waals surface area contributed by atoms with E-state index in [9.17, 15) is 26.7 Å². The smallest absolute Gasteiger partial charge is 0.493 e. The van der Waals surface area contributed by atoms with Crippen molar-refractivity contribution in [2.45, 2.75) is 19.5 Å². The van der Waals surface area contributed by atoms with Gasteiger partial charge in [0.1, 0.15) is 11.4 Å². The summed E-state index contributed by atoms with van der Waals surface area (Å²) >= 11 is 0. The SMILES string of the molecule is COc1cc(CNC(=O)c2cc3ccc(OC(F)(F)F)cc3[nH]2)ccc1OC(F)F. The average Bonchev–Trinajstić information content (AvgIpc) is 3.08. The average molecular weight is 430 g/mol. The Morgan fingerprint density at radius 2 is 1.87 bits per heavy atom. The van der Waals surface area contributed by atoms with Gasteiger partial charge in [-0.15, -0.1) is 13.2 Å². The molecular weight excluding hydrogens is 415 g/mol. The van der Waals surface area contributed by atoms with Gasteiger partial charge in [0.05, 0.1) is 7.11 Å². The highest BCUT2D eigenvalue weighted by atomic mass is 19.4. The van der Waals surface area contributed by atoms with Gasteiger partial charge in [-0.1, -0.05) is 6.07 Å². The fourth-order valence-electron chi connectivity index (χ4n) is 2.72. The molecule has 0 aliphatic heterocycles. The van der Waals surface area contributed by atoms with Crippen LogP contribution in [0.2, 0.25) is 0 Å². The van der Waals surface area contributed by atoms with Crippen LogP contribution in [0.5, 0.6) is 17.2 Å². The lowest BCUT2D eigenvalue weighted by molar-refractivity contribution is -0.274. The van der Waals surface area contributed by atoms with Gasteiger partial charge in [0.15, 0.2) is 11.5 Å². The number of halogens is 5. The van der Waals surface area contributed by atoms with Crippen LogP contribution in [0.1, 0.15) is 16.1 Å². The number of amides is 1. The minimum atomic E-state index is -4.82. The van der Waals surface area contributed by atoms with Crippen molar-refractivity contribution in [2.75, 3.05) is 7.11 Å². The molecule has 0 atom stereocenters. The molecule has 3 aromatic rings. The van der Waals surface area contributed by atoms with Crippen LogP contribution >= 0.6 is 0 Å². The van der Waals surface area contributed by atoms with Gasteiger partial charge in [-0.2, -0.15) is 8.78 Å². The maximum Gasteiger partial charge on any atom is 0.573 e. The second kappa shape index (κ2) is 8.47. The summed E-state index contributed by atoms with van der Waals surface area (Å²) < 4.78 is 74.9. The zero-order valence-corrected chi connectivity index (χ0v) is 15.3. The number of H-pyrrole nitrogens is 1. The Hall–Kier alpha value is -3.50. The van der Waals surface area contributed by atoms with Gasteiger partial charge >= 0.3 is 13.0 Å². The molecule has 0 saturated carbocycles. The van der Waals surface area contributed by atoms with Crippen molar-refractivity contribution in [2.24, 2.45) is 0 Å². The highest BCUT2D eigenvalue weighted by Crippen LogP contribution is 2.30. The molecule has 2 N–H and O–H groups in total. The summed E-state index contributed by atoms with van der Waals surface area (Å²) in [4.78, 5) is 15.1. The Kier molecular flexibility index (Phi) is 5.99. The lowest BCUT2D eigenvalue weighted by Crippen LogP contribution is -2.23. The van der Waals surface area contributed by atoms with E-state index in [1.54, 1.807) is 0 Å². The molecule has 2 aromatic carbocycles. The lowest BCUT2D eigenvalue weighted by Gasteiger charge is -2.11. The Bertz CT molecular complexity index is 1050. The quantitative estimate of drug-likeness (QED) is 0.537. The van der Waals surface area contributed by atoms with Gasteiger partial charge in [0.25, 0.3) is 5.91 Å². The summed E-state index contributed by atoms with van der Waals surface area (Å²) in [6.07, 6.45) is -4.82. The molecule has 6 nitrogen and oxygen atoms in total. The van der Waals surface area contributed by atoms with Gasteiger partial charge < -0.3 is 24.5 Å². The number of fused-ring (bicyclic) bond motifs is 1. The summed E-state index contributed by atoms with van der Waals surface area (Å²) in [5.41, 5.74) is 0.967. The molecule has 160 valence electrons. The zero-order chi connectivity index (χ0) is 21.9. The van der Waals surface area contributed by atoms with E-state index >= 15 is 0 Å². The minimum absolute atomic E-state index is 0.0436. The van der Waals surface area contributed by atoms with Crippen molar-refractivity contribution >= 4 is 16.8 Å². The summed E-state index contributed by atoms with van der Waals surface area (Å²) in [6, 6.07) is 9.33. The normalized spacial score (nSPS) is 11.6. The molecule has 0 bridgehead atoms. The second-order valence-corrected chi connectivity index (χ2v) is 6.03. The first-order chi connectivity index (χ1) is 14.1. The number of methoxy groups -OCH3 is 1. The van der Waals surface area contributed by atoms with Gasteiger partial charge in [-0.3, -0.25) is 4.79 Å². The van der Waals surface area contributed by atoms with Crippen LogP contribution in [0.25, 0.3) is 10.9 Å². The molecule has 0 aliphatic carbocycles. The molecule has 30 heavy (non-hydrogen) atoms. The molecule has 0 spiro atoms. The molecule has 0 radical (unpaired) electrons. The fraction of sp³-hybridized carbons (Fsp3) is 0.211. The van der Waals surface area contributed by atoms with Crippen molar-refractivity contribution in [3.63, 3.8) is 0 Å². The number of ether oxygens (including phenoxy) is 3. The minimum Gasteiger partial charge on any atom is -0.493 e. The Morgan fingerprint density at radius 1 is 1.10 bits per heavy atom. The van der Waals surface area contributed by atoms with Crippen molar-refractivity contribution in [3.05, 3.63) is 53.7 Å². The van der Waals surface area contributed by atoms with E-state index < -0.39 is 24.6 Å². The van der Waals surface area contributed by atoms with E-state index in [1.165, 1.54) is 37.4 Å². The number of hydrogen-bond acceptors (Lipinski definition) is 4. The predicted molar refractivity (Wildman–Crippen MR) is 95.8 cm³/mol. The van der Waals surface area contributed by atoms with Crippen LogP contribution in [-0.2, 0) is 6.54 Å². The van der Waals surface area contributed by atoms with Crippen LogP contribution in [0.15, 0.2) is 42.5 Å². The monoisotopic (exact) mass is 430 g/mol. The summed E-state index contributed by atoms with van der Waals surface area (Å²) in [7, 11) is 1.29. The molecule has 1 heterocycles. The fourth-order valence-corrected chi connectivity index (χ4v) is 2.72. The van der Waals surface area contributed by atoms with Crippen LogP contribution < -0.4 is 19.5 Å². The van der Waals surface area contributed by atoms with E-state index in [2.05, 4.69) is 19.8 Å². The third-order valence-electron chi connectivity index (χ3n) is 3.97.